The topological polar surface area (TPSA) is 375 Å². The number of primary amides is 1. The number of nitrogens with two attached hydrogens (primary N) is 1. The highest BCUT2D eigenvalue weighted by Crippen LogP contribution is 2.53. The van der Waals surface area contributed by atoms with Crippen molar-refractivity contribution in [3.63, 3.8) is 0 Å². The lowest BCUT2D eigenvalue weighted by molar-refractivity contribution is -0.249. The molecule has 460 valence electrons. The molecule has 24 nitrogen and oxygen atoms in total. The molecule has 2 heterocycles. The molecular weight excluding hydrogens is 1110 g/mol. The molecule has 2 aliphatic heterocycles. The number of ketones is 5. The number of fused-ring (bicyclic) bond motifs is 5. The Labute approximate surface area is 491 Å². The van der Waals surface area contributed by atoms with Crippen molar-refractivity contribution in [1.82, 2.24) is 16.0 Å². The Bertz CT molecular complexity index is 3140. The molecule has 0 spiro atoms. The van der Waals surface area contributed by atoms with Gasteiger partial charge in [0, 0.05) is 86.3 Å². The minimum atomic E-state index is -2.40. The van der Waals surface area contributed by atoms with Crippen molar-refractivity contribution < 1.29 is 97.4 Å². The van der Waals surface area contributed by atoms with Crippen molar-refractivity contribution in [2.24, 2.45) is 17.6 Å². The Hall–Kier alpha value is -7.42. The molecule has 3 amide bonds. The van der Waals surface area contributed by atoms with E-state index in [1.165, 1.54) is 65.5 Å². The van der Waals surface area contributed by atoms with E-state index in [4.69, 9.17) is 34.2 Å². The van der Waals surface area contributed by atoms with Crippen LogP contribution in [0.2, 0.25) is 0 Å². The van der Waals surface area contributed by atoms with Crippen LogP contribution in [0.4, 0.5) is 4.79 Å². The molecule has 85 heavy (non-hydrogen) atoms. The molecule has 7 rings (SSSR count). The molecule has 12 atom stereocenters. The van der Waals surface area contributed by atoms with E-state index in [0.717, 1.165) is 6.08 Å². The van der Waals surface area contributed by atoms with Crippen LogP contribution in [-0.4, -0.2) is 167 Å². The number of aromatic hydroxyl groups is 2. The summed E-state index contributed by atoms with van der Waals surface area (Å²) >= 11 is 0. The van der Waals surface area contributed by atoms with Gasteiger partial charge in [-0.25, -0.2) is 4.79 Å². The second-order valence-electron chi connectivity index (χ2n) is 22.3. The lowest BCUT2D eigenvalue weighted by Gasteiger charge is -2.43. The lowest BCUT2D eigenvalue weighted by Crippen LogP contribution is -2.55. The molecule has 1 saturated heterocycles. The van der Waals surface area contributed by atoms with Gasteiger partial charge in [-0.3, -0.25) is 33.6 Å². The van der Waals surface area contributed by atoms with Crippen LogP contribution in [0.5, 0.6) is 17.2 Å². The van der Waals surface area contributed by atoms with Crippen molar-refractivity contribution in [2.75, 3.05) is 34.5 Å². The number of hydrogen-bond acceptors (Lipinski definition) is 21. The van der Waals surface area contributed by atoms with E-state index in [1.54, 1.807) is 26.0 Å². The van der Waals surface area contributed by atoms with Gasteiger partial charge in [-0.15, -0.1) is 0 Å². The minimum Gasteiger partial charge on any atom is -0.507 e. The molecule has 24 heteroatoms. The first-order chi connectivity index (χ1) is 40.3. The summed E-state index contributed by atoms with van der Waals surface area (Å²) in [6.07, 6.45) is -2.58. The van der Waals surface area contributed by atoms with Gasteiger partial charge in [0.15, 0.2) is 24.0 Å². The molecule has 1 fully saturated rings. The van der Waals surface area contributed by atoms with E-state index in [1.807, 2.05) is 6.92 Å². The van der Waals surface area contributed by atoms with Gasteiger partial charge in [0.25, 0.3) is 5.91 Å². The number of phenolic OH excluding ortho intramolecular Hbond substituents is 2. The zero-order valence-electron chi connectivity index (χ0n) is 48.7. The van der Waals surface area contributed by atoms with Crippen molar-refractivity contribution in [2.45, 2.75) is 153 Å². The highest BCUT2D eigenvalue weighted by atomic mass is 16.7. The second-order valence-corrected chi connectivity index (χ2v) is 22.3. The number of benzene rings is 2. The first kappa shape index (κ1) is 65.1. The summed E-state index contributed by atoms with van der Waals surface area (Å²) in [5.41, 5.74) is 1.68. The normalized spacial score (nSPS) is 30.0. The summed E-state index contributed by atoms with van der Waals surface area (Å²) in [6, 6.07) is 3.28. The number of ether oxygens (including phenoxy) is 6. The van der Waals surface area contributed by atoms with Gasteiger partial charge in [-0.2, -0.15) is 0 Å². The van der Waals surface area contributed by atoms with Gasteiger partial charge < -0.3 is 80.7 Å². The molecule has 2 aromatic rings. The minimum absolute atomic E-state index is 0.0112. The van der Waals surface area contributed by atoms with Gasteiger partial charge in [-0.05, 0) is 64.0 Å². The monoisotopic (exact) mass is 1180 g/mol. The van der Waals surface area contributed by atoms with Crippen molar-refractivity contribution in [1.29, 1.82) is 0 Å². The summed E-state index contributed by atoms with van der Waals surface area (Å²) in [4.78, 5) is 108. The molecule has 0 unspecified atom stereocenters. The van der Waals surface area contributed by atoms with Gasteiger partial charge in [0.1, 0.15) is 41.7 Å². The smallest absolute Gasteiger partial charge is 0.405 e. The van der Waals surface area contributed by atoms with Gasteiger partial charge in [0.05, 0.1) is 65.7 Å². The predicted molar refractivity (Wildman–Crippen MR) is 302 cm³/mol. The fraction of sp³-hybridized carbons (Fsp3) is 0.508. The molecule has 0 aromatic heterocycles. The molecule has 11 N–H and O–H groups in total. The number of carbonyl (C=O) groups excluding carboxylic acids is 8. The lowest BCUT2D eigenvalue weighted by atomic mass is 9.72. The van der Waals surface area contributed by atoms with Gasteiger partial charge in [0.2, 0.25) is 23.3 Å². The molecular formula is C61H76N4O20. The van der Waals surface area contributed by atoms with Crippen LogP contribution >= 0.6 is 0 Å². The van der Waals surface area contributed by atoms with Crippen LogP contribution in [0, 0.1) is 11.8 Å². The van der Waals surface area contributed by atoms with E-state index in [0.29, 0.717) is 24.8 Å². The number of unbranched alkanes of at least 4 members (excludes halogenated alkanes) is 2. The number of amides is 3. The average molecular weight is 1190 g/mol. The number of nitrogens with one attached hydrogen (secondary N) is 3. The predicted octanol–water partition coefficient (Wildman–Crippen LogP) is 3.08. The largest absolute Gasteiger partial charge is 0.507 e. The average Bonchev–Trinajstić information content (AvgIpc) is 0.974. The Morgan fingerprint density at radius 1 is 0.894 bits per heavy atom. The molecule has 5 aliphatic rings. The maximum absolute atomic E-state index is 14.2. The first-order valence-corrected chi connectivity index (χ1v) is 28.1. The molecule has 2 aromatic carbocycles. The summed E-state index contributed by atoms with van der Waals surface area (Å²) < 4.78 is 34.4. The molecule has 0 radical (unpaired) electrons. The van der Waals surface area contributed by atoms with Gasteiger partial charge in [-0.1, -0.05) is 56.7 Å². The SMILES string of the molecule is COc1cccc2c1C(=O)c1c(O)c3c(c(O)c1C2=O)C[C@](O)(C(=O)CO)C[C@H]3O[C@@H]1C[C@@H](NC(=O)CCCCCNC2=C3C[C@@H](C)C[C@H](OC)[C@@H](O)[C@@H](C)/C=C(\C)[C@H](OC(N)=O)[C@@H](OC)/C=C\C=C(/C)C(=O)NC(=CC2=O)C3=O)[C@@H](O)[C@@H](C)O1. The number of aliphatic hydroxyl groups is 4. The molecule has 0 saturated carbocycles. The van der Waals surface area contributed by atoms with E-state index in [9.17, 15) is 69.0 Å². The number of methoxy groups -OCH3 is 3. The Morgan fingerprint density at radius 2 is 1.61 bits per heavy atom. The van der Waals surface area contributed by atoms with Crippen LogP contribution < -0.4 is 26.4 Å². The summed E-state index contributed by atoms with van der Waals surface area (Å²) in [5, 5.41) is 76.5. The number of aliphatic hydroxyl groups excluding tert-OH is 3. The Kier molecular flexibility index (Phi) is 21.3. The number of rotatable bonds is 16. The number of phenols is 2. The zero-order valence-corrected chi connectivity index (χ0v) is 48.7. The third kappa shape index (κ3) is 14.1. The van der Waals surface area contributed by atoms with E-state index in [2.05, 4.69) is 16.0 Å². The second kappa shape index (κ2) is 27.7. The van der Waals surface area contributed by atoms with Crippen molar-refractivity contribution in [3.05, 3.63) is 110 Å². The third-order valence-corrected chi connectivity index (χ3v) is 16.3. The van der Waals surface area contributed by atoms with Crippen LogP contribution in [-0.2, 0) is 54.1 Å². The molecule has 3 aliphatic carbocycles. The summed E-state index contributed by atoms with van der Waals surface area (Å²) in [6.45, 7) is 7.38. The Balaban J connectivity index is 1.01. The fourth-order valence-corrected chi connectivity index (χ4v) is 11.7. The van der Waals surface area contributed by atoms with Crippen LogP contribution in [0.15, 0.2) is 76.7 Å². The molecule has 2 bridgehead atoms. The van der Waals surface area contributed by atoms with Crippen LogP contribution in [0.3, 0.4) is 0 Å². The quantitative estimate of drug-likeness (QED) is 0.0426. The fourth-order valence-electron chi connectivity index (χ4n) is 11.7. The zero-order chi connectivity index (χ0) is 62.4. The van der Waals surface area contributed by atoms with Crippen LogP contribution in [0.1, 0.15) is 135 Å². The van der Waals surface area contributed by atoms with E-state index >= 15 is 0 Å². The van der Waals surface area contributed by atoms with Gasteiger partial charge >= 0.3 is 6.09 Å². The summed E-state index contributed by atoms with van der Waals surface area (Å²) in [5.74, 6) is -7.47. The standard InChI is InChI=1S/C61H76N4O20/c1-28-20-34-50(38(67)23-36(53(34)72)65-59(77)29(2)14-12-17-40(81-7)58(85-60(62)78)31(4)22-30(3)51(70)41(21-28)82-8)63-19-11-9-10-18-44(69)64-37-24-45(83-32(5)52(37)71)84-42-26-61(79,43(68)27-66)25-35-47(42)57(76)49-48(55(35)74)54(73)33-15-13-16-39(80-6)46(33)56(49)75/h12-17,22-23,28,30,32,37,40-42,45,51-52,58,63,66,70-71,74,76,79H,9-11,18-21,24-27H2,1-8H3,(H2,62,78)(H,64,69)(H,65,77)/b17-12-,29-14+,31-22+/t28-,30+,32-,37-,40+,41+,42-,45-,51+,52+,58+,61-/m1/s1. The third-order valence-electron chi connectivity index (χ3n) is 16.3. The first-order valence-electron chi connectivity index (χ1n) is 28.1. The van der Waals surface area contributed by atoms with E-state index < -0.39 is 155 Å². The summed E-state index contributed by atoms with van der Waals surface area (Å²) in [7, 11) is 4.13. The van der Waals surface area contributed by atoms with E-state index in [-0.39, 0.29) is 88.7 Å². The highest BCUT2D eigenvalue weighted by Gasteiger charge is 2.51. The Morgan fingerprint density at radius 3 is 2.28 bits per heavy atom. The number of allylic oxidation sites excluding steroid dienone is 4. The maximum atomic E-state index is 14.2. The number of hydrogen-bond donors (Lipinski definition) is 10. The number of carbonyl (C=O) groups is 8. The van der Waals surface area contributed by atoms with Crippen molar-refractivity contribution in [3.8, 4) is 17.2 Å². The number of Topliss-reactive ketones (excluding diaryl/α,β-unsaturated/α-hetero) is 2. The highest BCUT2D eigenvalue weighted by molar-refractivity contribution is 6.31. The van der Waals surface area contributed by atoms with Crippen molar-refractivity contribution >= 4 is 46.8 Å². The maximum Gasteiger partial charge on any atom is 0.405 e. The van der Waals surface area contributed by atoms with Crippen LogP contribution in [0.25, 0.3) is 0 Å².